The first-order valence-electron chi connectivity index (χ1n) is 7.75. The van der Waals surface area contributed by atoms with Crippen molar-refractivity contribution in [3.8, 4) is 0 Å². The van der Waals surface area contributed by atoms with E-state index in [1.807, 2.05) is 30.3 Å². The normalized spacial score (nSPS) is 11.3. The highest BCUT2D eigenvalue weighted by atomic mass is 16.5. The van der Waals surface area contributed by atoms with Gasteiger partial charge in [0.15, 0.2) is 11.8 Å². The molecule has 9 nitrogen and oxygen atoms in total. The number of rotatable bonds is 5. The third-order valence-corrected chi connectivity index (χ3v) is 3.36. The Morgan fingerprint density at radius 3 is 2.50 bits per heavy atom. The Labute approximate surface area is 149 Å². The molecule has 136 valence electrons. The molecule has 0 aliphatic carbocycles. The lowest BCUT2D eigenvalue weighted by Gasteiger charge is -2.13. The smallest absolute Gasteiger partial charge is 0.359 e. The summed E-state index contributed by atoms with van der Waals surface area (Å²) in [5, 5.41) is 8.33. The largest absolute Gasteiger partial charge is 0.448 e. The summed E-state index contributed by atoms with van der Waals surface area (Å²) >= 11 is 0. The van der Waals surface area contributed by atoms with Crippen LogP contribution >= 0.6 is 0 Å². The second-order valence-corrected chi connectivity index (χ2v) is 5.39. The van der Waals surface area contributed by atoms with Crippen LogP contribution in [0, 0.1) is 0 Å². The van der Waals surface area contributed by atoms with Crippen LogP contribution in [0.4, 0.5) is 4.79 Å². The summed E-state index contributed by atoms with van der Waals surface area (Å²) in [7, 11) is 1.38. The van der Waals surface area contributed by atoms with Crippen molar-refractivity contribution >= 4 is 17.9 Å². The van der Waals surface area contributed by atoms with Crippen LogP contribution in [-0.4, -0.2) is 33.8 Å². The van der Waals surface area contributed by atoms with Gasteiger partial charge < -0.3 is 10.1 Å². The van der Waals surface area contributed by atoms with E-state index in [1.165, 1.54) is 20.0 Å². The maximum atomic E-state index is 11.9. The number of benzene rings is 1. The van der Waals surface area contributed by atoms with Crippen LogP contribution in [0.25, 0.3) is 0 Å². The number of hydrogen-bond acceptors (Lipinski definition) is 6. The minimum atomic E-state index is -1.22. The molecule has 0 saturated heterocycles. The van der Waals surface area contributed by atoms with E-state index in [0.717, 1.165) is 16.3 Å². The van der Waals surface area contributed by atoms with Crippen molar-refractivity contribution in [2.75, 3.05) is 0 Å². The van der Waals surface area contributed by atoms with Crippen molar-refractivity contribution in [1.29, 1.82) is 0 Å². The second kappa shape index (κ2) is 8.56. The lowest BCUT2D eigenvalue weighted by molar-refractivity contribution is -0.127. The summed E-state index contributed by atoms with van der Waals surface area (Å²) in [4.78, 5) is 46.9. The van der Waals surface area contributed by atoms with Crippen LogP contribution in [0.2, 0.25) is 0 Å². The topological polar surface area (TPSA) is 119 Å². The molecule has 0 bridgehead atoms. The van der Waals surface area contributed by atoms with Gasteiger partial charge in [0.1, 0.15) is 0 Å². The van der Waals surface area contributed by atoms with Crippen molar-refractivity contribution in [2.24, 2.45) is 7.05 Å². The number of urea groups is 1. The molecule has 1 atom stereocenters. The van der Waals surface area contributed by atoms with Crippen molar-refractivity contribution < 1.29 is 19.1 Å². The Bertz CT molecular complexity index is 863. The molecule has 3 amide bonds. The summed E-state index contributed by atoms with van der Waals surface area (Å²) in [5.41, 5.74) is 0.359. The van der Waals surface area contributed by atoms with Gasteiger partial charge in [-0.15, -0.1) is 0 Å². The number of carbonyl (C=O) groups is 3. The van der Waals surface area contributed by atoms with Crippen LogP contribution in [0.3, 0.4) is 0 Å². The molecule has 1 unspecified atom stereocenters. The number of amides is 3. The van der Waals surface area contributed by atoms with Crippen LogP contribution in [0.1, 0.15) is 23.0 Å². The van der Waals surface area contributed by atoms with Gasteiger partial charge in [-0.3, -0.25) is 14.9 Å². The predicted octanol–water partition coefficient (Wildman–Crippen LogP) is 0.352. The lowest BCUT2D eigenvalue weighted by atomic mass is 10.2. The Kier molecular flexibility index (Phi) is 6.20. The number of aryl methyl sites for hydroxylation is 1. The average Bonchev–Trinajstić information content (AvgIpc) is 2.63. The number of imide groups is 1. The number of carbonyl (C=O) groups excluding carboxylic acids is 3. The van der Waals surface area contributed by atoms with Gasteiger partial charge in [-0.05, 0) is 18.6 Å². The summed E-state index contributed by atoms with van der Waals surface area (Å²) in [5.74, 6) is -1.67. The van der Waals surface area contributed by atoms with Crippen LogP contribution in [0.5, 0.6) is 0 Å². The number of esters is 1. The molecule has 0 spiro atoms. The zero-order valence-electron chi connectivity index (χ0n) is 14.3. The molecule has 0 radical (unpaired) electrons. The summed E-state index contributed by atoms with van der Waals surface area (Å²) in [6.45, 7) is 1.57. The van der Waals surface area contributed by atoms with E-state index in [2.05, 4.69) is 15.7 Å². The third kappa shape index (κ3) is 5.26. The fourth-order valence-corrected chi connectivity index (χ4v) is 1.92. The van der Waals surface area contributed by atoms with E-state index in [0.29, 0.717) is 0 Å². The monoisotopic (exact) mass is 358 g/mol. The summed E-state index contributed by atoms with van der Waals surface area (Å²) in [6.07, 6.45) is -1.22. The Balaban J connectivity index is 1.84. The molecule has 1 aromatic carbocycles. The highest BCUT2D eigenvalue weighted by Gasteiger charge is 2.21. The molecule has 0 aliphatic heterocycles. The maximum absolute atomic E-state index is 11.9. The molecule has 0 fully saturated rings. The van der Waals surface area contributed by atoms with Crippen LogP contribution in [-0.2, 0) is 23.1 Å². The van der Waals surface area contributed by atoms with Crippen molar-refractivity contribution in [3.05, 3.63) is 64.1 Å². The molecule has 2 N–H and O–H groups in total. The number of ether oxygens (including phenoxy) is 1. The van der Waals surface area contributed by atoms with E-state index < -0.39 is 24.0 Å². The van der Waals surface area contributed by atoms with Gasteiger partial charge in [-0.1, -0.05) is 30.3 Å². The van der Waals surface area contributed by atoms with Gasteiger partial charge in [0.2, 0.25) is 0 Å². The maximum Gasteiger partial charge on any atom is 0.359 e. The molecular weight excluding hydrogens is 340 g/mol. The van der Waals surface area contributed by atoms with Gasteiger partial charge in [0.05, 0.1) is 0 Å². The van der Waals surface area contributed by atoms with Gasteiger partial charge >= 0.3 is 12.0 Å². The molecule has 1 heterocycles. The van der Waals surface area contributed by atoms with E-state index in [1.54, 1.807) is 0 Å². The first-order valence-corrected chi connectivity index (χ1v) is 7.75. The molecule has 9 heteroatoms. The number of nitrogens with zero attached hydrogens (tertiary/aromatic N) is 2. The first-order chi connectivity index (χ1) is 12.4. The van der Waals surface area contributed by atoms with E-state index >= 15 is 0 Å². The predicted molar refractivity (Wildman–Crippen MR) is 91.2 cm³/mol. The SMILES string of the molecule is CC(OC(=O)c1ccc(=O)n(C)n1)C(=O)NC(=O)NCc1ccccc1. The zero-order valence-corrected chi connectivity index (χ0v) is 14.3. The lowest BCUT2D eigenvalue weighted by Crippen LogP contribution is -2.44. The molecule has 2 rings (SSSR count). The minimum absolute atomic E-state index is 0.125. The Hall–Kier alpha value is -3.49. The molecule has 0 saturated carbocycles. The Morgan fingerprint density at radius 1 is 1.15 bits per heavy atom. The van der Waals surface area contributed by atoms with E-state index in [-0.39, 0.29) is 17.8 Å². The Morgan fingerprint density at radius 2 is 1.85 bits per heavy atom. The number of hydrogen-bond donors (Lipinski definition) is 2. The van der Waals surface area contributed by atoms with Crippen molar-refractivity contribution in [2.45, 2.75) is 19.6 Å². The molecule has 1 aromatic heterocycles. The third-order valence-electron chi connectivity index (χ3n) is 3.36. The minimum Gasteiger partial charge on any atom is -0.448 e. The van der Waals surface area contributed by atoms with Gasteiger partial charge in [-0.25, -0.2) is 14.3 Å². The number of aromatic nitrogens is 2. The van der Waals surface area contributed by atoms with E-state index in [4.69, 9.17) is 4.74 Å². The standard InChI is InChI=1S/C17H18N4O5/c1-11(26-16(24)13-8-9-14(22)21(2)20-13)15(23)19-17(25)18-10-12-6-4-3-5-7-12/h3-9,11H,10H2,1-2H3,(H2,18,19,23,25). The number of nitrogens with one attached hydrogen (secondary N) is 2. The van der Waals surface area contributed by atoms with Gasteiger partial charge in [0, 0.05) is 19.7 Å². The van der Waals surface area contributed by atoms with Crippen LogP contribution in [0.15, 0.2) is 47.3 Å². The second-order valence-electron chi connectivity index (χ2n) is 5.39. The van der Waals surface area contributed by atoms with Crippen molar-refractivity contribution in [3.63, 3.8) is 0 Å². The average molecular weight is 358 g/mol. The molecule has 0 aliphatic rings. The summed E-state index contributed by atoms with van der Waals surface area (Å²) < 4.78 is 5.92. The fraction of sp³-hybridized carbons (Fsp3) is 0.235. The molecular formula is C17H18N4O5. The molecule has 26 heavy (non-hydrogen) atoms. The highest BCUT2D eigenvalue weighted by Crippen LogP contribution is 2.00. The van der Waals surface area contributed by atoms with Gasteiger partial charge in [0.25, 0.3) is 11.5 Å². The summed E-state index contributed by atoms with van der Waals surface area (Å²) in [6, 6.07) is 10.8. The van der Waals surface area contributed by atoms with Crippen LogP contribution < -0.4 is 16.2 Å². The zero-order chi connectivity index (χ0) is 19.1. The first kappa shape index (κ1) is 18.8. The fourth-order valence-electron chi connectivity index (χ4n) is 1.92. The van der Waals surface area contributed by atoms with E-state index in [9.17, 15) is 19.2 Å². The highest BCUT2D eigenvalue weighted by molar-refractivity contribution is 5.98. The van der Waals surface area contributed by atoms with Crippen molar-refractivity contribution in [1.82, 2.24) is 20.4 Å². The molecule has 2 aromatic rings. The quantitative estimate of drug-likeness (QED) is 0.745. The van der Waals surface area contributed by atoms with Gasteiger partial charge in [-0.2, -0.15) is 5.10 Å².